The topological polar surface area (TPSA) is 6.48 Å². The van der Waals surface area contributed by atoms with Crippen molar-refractivity contribution in [3.8, 4) is 0 Å². The van der Waals surface area contributed by atoms with E-state index in [0.29, 0.717) is 6.04 Å². The van der Waals surface area contributed by atoms with Gasteiger partial charge in [-0.3, -0.25) is 4.90 Å². The molecule has 0 amide bonds. The predicted octanol–water partition coefficient (Wildman–Crippen LogP) is 3.42. The zero-order valence-electron chi connectivity index (χ0n) is 13.2. The lowest BCUT2D eigenvalue weighted by Crippen LogP contribution is -2.29. The molecule has 0 spiro atoms. The predicted molar refractivity (Wildman–Crippen MR) is 90.5 cm³/mol. The normalized spacial score (nSPS) is 28.9. The zero-order chi connectivity index (χ0) is 14.9. The Morgan fingerprint density at radius 3 is 2.27 bits per heavy atom. The van der Waals surface area contributed by atoms with Gasteiger partial charge in [-0.05, 0) is 30.0 Å². The van der Waals surface area contributed by atoms with E-state index in [2.05, 4.69) is 77.5 Å². The summed E-state index contributed by atoms with van der Waals surface area (Å²) < 4.78 is 0. The van der Waals surface area contributed by atoms with Crippen LogP contribution in [-0.2, 0) is 6.54 Å². The minimum Gasteiger partial charge on any atom is -0.306 e. The van der Waals surface area contributed by atoms with Crippen LogP contribution in [0.5, 0.6) is 0 Å². The Labute approximate surface area is 133 Å². The van der Waals surface area contributed by atoms with Crippen LogP contribution in [0.3, 0.4) is 0 Å². The third-order valence-corrected chi connectivity index (χ3v) is 5.31. The molecule has 0 bridgehead atoms. The highest BCUT2D eigenvalue weighted by molar-refractivity contribution is 5.24. The SMILES string of the molecule is CN1C[C@@H]2CN(Cc3ccccc3)[C@@H](c3ccccc3)[C@@H]2C1. The van der Waals surface area contributed by atoms with E-state index in [1.54, 1.807) is 0 Å². The van der Waals surface area contributed by atoms with E-state index in [-0.39, 0.29) is 0 Å². The largest absolute Gasteiger partial charge is 0.306 e. The van der Waals surface area contributed by atoms with Crippen molar-refractivity contribution in [1.29, 1.82) is 0 Å². The Bertz CT molecular complexity index is 610. The van der Waals surface area contributed by atoms with Crippen LogP contribution in [0.2, 0.25) is 0 Å². The second kappa shape index (κ2) is 5.86. The average Bonchev–Trinajstić information content (AvgIpc) is 3.04. The van der Waals surface area contributed by atoms with Gasteiger partial charge < -0.3 is 4.90 Å². The molecule has 2 aliphatic heterocycles. The summed E-state index contributed by atoms with van der Waals surface area (Å²) in [7, 11) is 2.27. The van der Waals surface area contributed by atoms with Crippen molar-refractivity contribution < 1.29 is 0 Å². The van der Waals surface area contributed by atoms with Crippen molar-refractivity contribution in [3.05, 3.63) is 71.8 Å². The fourth-order valence-electron chi connectivity index (χ4n) is 4.44. The molecule has 0 radical (unpaired) electrons. The van der Waals surface area contributed by atoms with Crippen molar-refractivity contribution in [2.24, 2.45) is 11.8 Å². The maximum absolute atomic E-state index is 2.70. The highest BCUT2D eigenvalue weighted by Gasteiger charge is 2.46. The lowest BCUT2D eigenvalue weighted by atomic mass is 9.89. The maximum atomic E-state index is 2.70. The summed E-state index contributed by atoms with van der Waals surface area (Å²) in [5.74, 6) is 1.59. The summed E-state index contributed by atoms with van der Waals surface area (Å²) in [5.41, 5.74) is 2.91. The molecule has 3 atom stereocenters. The number of hydrogen-bond acceptors (Lipinski definition) is 2. The second-order valence-electron chi connectivity index (χ2n) is 6.92. The fourth-order valence-corrected chi connectivity index (χ4v) is 4.44. The van der Waals surface area contributed by atoms with E-state index in [9.17, 15) is 0 Å². The minimum atomic E-state index is 0.566. The first-order chi connectivity index (χ1) is 10.8. The quantitative estimate of drug-likeness (QED) is 0.855. The molecule has 0 unspecified atom stereocenters. The van der Waals surface area contributed by atoms with Crippen molar-refractivity contribution in [2.75, 3.05) is 26.7 Å². The van der Waals surface area contributed by atoms with Crippen LogP contribution in [0.15, 0.2) is 60.7 Å². The summed E-state index contributed by atoms with van der Waals surface area (Å²) >= 11 is 0. The molecule has 0 N–H and O–H groups in total. The van der Waals surface area contributed by atoms with Crippen molar-refractivity contribution in [1.82, 2.24) is 9.80 Å². The van der Waals surface area contributed by atoms with Gasteiger partial charge in [0.1, 0.15) is 0 Å². The van der Waals surface area contributed by atoms with Crippen LogP contribution in [0, 0.1) is 11.8 Å². The highest BCUT2D eigenvalue weighted by Crippen LogP contribution is 2.45. The van der Waals surface area contributed by atoms with E-state index >= 15 is 0 Å². The monoisotopic (exact) mass is 292 g/mol. The number of benzene rings is 2. The van der Waals surface area contributed by atoms with Gasteiger partial charge in [0.15, 0.2) is 0 Å². The Balaban J connectivity index is 1.62. The number of fused-ring (bicyclic) bond motifs is 1. The van der Waals surface area contributed by atoms with Crippen LogP contribution < -0.4 is 0 Å². The molecule has 2 fully saturated rings. The van der Waals surface area contributed by atoms with Crippen LogP contribution in [0.4, 0.5) is 0 Å². The first kappa shape index (κ1) is 14.0. The van der Waals surface area contributed by atoms with Crippen LogP contribution in [0.25, 0.3) is 0 Å². The maximum Gasteiger partial charge on any atom is 0.0395 e. The lowest BCUT2D eigenvalue weighted by molar-refractivity contribution is 0.199. The highest BCUT2D eigenvalue weighted by atomic mass is 15.2. The molecule has 114 valence electrons. The average molecular weight is 292 g/mol. The summed E-state index contributed by atoms with van der Waals surface area (Å²) in [5, 5.41) is 0. The van der Waals surface area contributed by atoms with Gasteiger partial charge in [0.25, 0.3) is 0 Å². The first-order valence-corrected chi connectivity index (χ1v) is 8.33. The van der Waals surface area contributed by atoms with E-state index in [1.165, 1.54) is 30.8 Å². The van der Waals surface area contributed by atoms with Gasteiger partial charge in [-0.15, -0.1) is 0 Å². The molecule has 4 rings (SSSR count). The summed E-state index contributed by atoms with van der Waals surface area (Å²) in [6.07, 6.45) is 0. The summed E-state index contributed by atoms with van der Waals surface area (Å²) in [6.45, 7) is 4.77. The zero-order valence-corrected chi connectivity index (χ0v) is 13.2. The fraction of sp³-hybridized carbons (Fsp3) is 0.400. The number of nitrogens with zero attached hydrogens (tertiary/aromatic N) is 2. The molecule has 22 heavy (non-hydrogen) atoms. The summed E-state index contributed by atoms with van der Waals surface area (Å²) in [6, 6.07) is 22.6. The van der Waals surface area contributed by atoms with E-state index in [1.807, 2.05) is 0 Å². The van der Waals surface area contributed by atoms with Crippen LogP contribution >= 0.6 is 0 Å². The number of hydrogen-bond donors (Lipinski definition) is 0. The van der Waals surface area contributed by atoms with Gasteiger partial charge in [-0.2, -0.15) is 0 Å². The van der Waals surface area contributed by atoms with Crippen molar-refractivity contribution in [3.63, 3.8) is 0 Å². The molecule has 2 aromatic rings. The van der Waals surface area contributed by atoms with Crippen molar-refractivity contribution >= 4 is 0 Å². The summed E-state index contributed by atoms with van der Waals surface area (Å²) in [4.78, 5) is 5.21. The molecular formula is C20H24N2. The Hall–Kier alpha value is -1.64. The molecule has 0 saturated carbocycles. The molecule has 2 heterocycles. The lowest BCUT2D eigenvalue weighted by Gasteiger charge is -2.29. The van der Waals surface area contributed by atoms with Crippen molar-refractivity contribution in [2.45, 2.75) is 12.6 Å². The molecular weight excluding hydrogens is 268 g/mol. The molecule has 2 heteroatoms. The number of likely N-dealkylation sites (tertiary alicyclic amines) is 2. The van der Waals surface area contributed by atoms with E-state index in [0.717, 1.165) is 18.4 Å². The van der Waals surface area contributed by atoms with Gasteiger partial charge in [-0.25, -0.2) is 0 Å². The molecule has 2 aromatic carbocycles. The first-order valence-electron chi connectivity index (χ1n) is 8.33. The molecule has 2 aliphatic rings. The van der Waals surface area contributed by atoms with Gasteiger partial charge in [0, 0.05) is 32.2 Å². The van der Waals surface area contributed by atoms with E-state index < -0.39 is 0 Å². The third-order valence-electron chi connectivity index (χ3n) is 5.31. The Morgan fingerprint density at radius 1 is 0.864 bits per heavy atom. The van der Waals surface area contributed by atoms with Gasteiger partial charge in [-0.1, -0.05) is 60.7 Å². The van der Waals surface area contributed by atoms with Crippen LogP contribution in [0.1, 0.15) is 17.2 Å². The number of rotatable bonds is 3. The van der Waals surface area contributed by atoms with Gasteiger partial charge in [0.2, 0.25) is 0 Å². The molecule has 2 saturated heterocycles. The standard InChI is InChI=1S/C20H24N2/c1-21-13-18-14-22(12-16-8-4-2-5-9-16)20(19(18)15-21)17-10-6-3-7-11-17/h2-11,18-20H,12-15H2,1H3/t18-,19-,20+/m1/s1. The minimum absolute atomic E-state index is 0.566. The Kier molecular flexibility index (Phi) is 3.73. The second-order valence-corrected chi connectivity index (χ2v) is 6.92. The van der Waals surface area contributed by atoms with Gasteiger partial charge >= 0.3 is 0 Å². The molecule has 0 aliphatic carbocycles. The smallest absolute Gasteiger partial charge is 0.0395 e. The molecule has 2 nitrogen and oxygen atoms in total. The molecule has 0 aromatic heterocycles. The van der Waals surface area contributed by atoms with Gasteiger partial charge in [0.05, 0.1) is 0 Å². The Morgan fingerprint density at radius 2 is 1.55 bits per heavy atom. The third kappa shape index (κ3) is 2.57. The van der Waals surface area contributed by atoms with E-state index in [4.69, 9.17) is 0 Å². The van der Waals surface area contributed by atoms with Crippen LogP contribution in [-0.4, -0.2) is 36.5 Å².